The Morgan fingerprint density at radius 2 is 1.79 bits per heavy atom. The smallest absolute Gasteiger partial charge is 0.129 e. The van der Waals surface area contributed by atoms with Crippen LogP contribution in [0.25, 0.3) is 0 Å². The normalized spacial score (nSPS) is 20.8. The highest BCUT2D eigenvalue weighted by atomic mass is 19.1. The molecule has 19 heavy (non-hydrogen) atoms. The fourth-order valence-corrected chi connectivity index (χ4v) is 2.76. The summed E-state index contributed by atoms with van der Waals surface area (Å²) in [6.45, 7) is 0.290. The molecule has 104 valence electrons. The lowest BCUT2D eigenvalue weighted by molar-refractivity contribution is 0.161. The molecule has 0 aliphatic heterocycles. The third-order valence-electron chi connectivity index (χ3n) is 4.12. The summed E-state index contributed by atoms with van der Waals surface area (Å²) in [5.74, 6) is 0.371. The van der Waals surface area contributed by atoms with E-state index in [1.165, 1.54) is 25.7 Å². The van der Waals surface area contributed by atoms with Crippen LogP contribution < -0.4 is 5.32 Å². The van der Waals surface area contributed by atoms with Crippen molar-refractivity contribution in [3.8, 4) is 0 Å². The van der Waals surface area contributed by atoms with Crippen molar-refractivity contribution in [2.75, 3.05) is 6.54 Å². The van der Waals surface area contributed by atoms with Crippen LogP contribution in [0.4, 0.5) is 8.78 Å². The fraction of sp³-hybridized carbons (Fsp3) is 0.600. The lowest BCUT2D eigenvalue weighted by Gasteiger charge is -2.20. The molecule has 0 spiro atoms. The second-order valence-electron chi connectivity index (χ2n) is 5.79. The quantitative estimate of drug-likeness (QED) is 0.830. The first kappa shape index (κ1) is 13.0. The Morgan fingerprint density at radius 1 is 1.16 bits per heavy atom. The SMILES string of the molecule is OC(CNC(C1CC1)C1CC1)c1cc(F)ccc1F. The van der Waals surface area contributed by atoms with E-state index < -0.39 is 17.7 Å². The number of nitrogens with one attached hydrogen (secondary N) is 1. The van der Waals surface area contributed by atoms with Crippen molar-refractivity contribution in [3.05, 3.63) is 35.4 Å². The third kappa shape index (κ3) is 3.12. The van der Waals surface area contributed by atoms with Crippen LogP contribution in [-0.4, -0.2) is 17.7 Å². The predicted octanol–water partition coefficient (Wildman–Crippen LogP) is 2.78. The molecule has 0 bridgehead atoms. The lowest BCUT2D eigenvalue weighted by atomic mass is 10.1. The highest BCUT2D eigenvalue weighted by Crippen LogP contribution is 2.44. The Balaban J connectivity index is 1.60. The van der Waals surface area contributed by atoms with Crippen molar-refractivity contribution in [3.63, 3.8) is 0 Å². The Bertz CT molecular complexity index is 445. The zero-order valence-corrected chi connectivity index (χ0v) is 10.8. The van der Waals surface area contributed by atoms with Crippen molar-refractivity contribution in [2.24, 2.45) is 11.8 Å². The number of benzene rings is 1. The highest BCUT2D eigenvalue weighted by Gasteiger charge is 2.41. The van der Waals surface area contributed by atoms with E-state index in [1.54, 1.807) is 0 Å². The summed E-state index contributed by atoms with van der Waals surface area (Å²) in [5.41, 5.74) is 0.0397. The maximum Gasteiger partial charge on any atom is 0.129 e. The van der Waals surface area contributed by atoms with Gasteiger partial charge in [0.15, 0.2) is 0 Å². The van der Waals surface area contributed by atoms with E-state index in [0.717, 1.165) is 30.0 Å². The van der Waals surface area contributed by atoms with Gasteiger partial charge < -0.3 is 10.4 Å². The fourth-order valence-electron chi connectivity index (χ4n) is 2.76. The van der Waals surface area contributed by atoms with Crippen LogP contribution >= 0.6 is 0 Å². The van der Waals surface area contributed by atoms with E-state index in [4.69, 9.17) is 0 Å². The van der Waals surface area contributed by atoms with E-state index >= 15 is 0 Å². The van der Waals surface area contributed by atoms with Crippen LogP contribution in [0.2, 0.25) is 0 Å². The molecule has 2 fully saturated rings. The van der Waals surface area contributed by atoms with Gasteiger partial charge in [0.2, 0.25) is 0 Å². The number of halogens is 2. The first-order chi connectivity index (χ1) is 9.15. The zero-order valence-electron chi connectivity index (χ0n) is 10.8. The first-order valence-corrected chi connectivity index (χ1v) is 7.01. The Labute approximate surface area is 111 Å². The second kappa shape index (κ2) is 5.17. The average Bonchev–Trinajstić information content (AvgIpc) is 3.25. The zero-order chi connectivity index (χ0) is 13.4. The summed E-state index contributed by atoms with van der Waals surface area (Å²) in [6.07, 6.45) is 4.00. The minimum absolute atomic E-state index is 0.0397. The molecule has 2 saturated carbocycles. The van der Waals surface area contributed by atoms with Crippen LogP contribution in [0, 0.1) is 23.5 Å². The summed E-state index contributed by atoms with van der Waals surface area (Å²) in [4.78, 5) is 0. The molecule has 0 aromatic heterocycles. The number of rotatable bonds is 6. The van der Waals surface area contributed by atoms with Crippen molar-refractivity contribution >= 4 is 0 Å². The van der Waals surface area contributed by atoms with Gasteiger partial charge in [0.1, 0.15) is 11.6 Å². The largest absolute Gasteiger partial charge is 0.387 e. The van der Waals surface area contributed by atoms with Gasteiger partial charge in [-0.25, -0.2) is 8.78 Å². The van der Waals surface area contributed by atoms with Gasteiger partial charge >= 0.3 is 0 Å². The van der Waals surface area contributed by atoms with Gasteiger partial charge in [-0.2, -0.15) is 0 Å². The highest BCUT2D eigenvalue weighted by molar-refractivity contribution is 5.21. The van der Waals surface area contributed by atoms with Gasteiger partial charge in [0.25, 0.3) is 0 Å². The summed E-state index contributed by atoms with van der Waals surface area (Å²) in [5, 5.41) is 13.4. The predicted molar refractivity (Wildman–Crippen MR) is 68.6 cm³/mol. The summed E-state index contributed by atoms with van der Waals surface area (Å²) < 4.78 is 26.6. The van der Waals surface area contributed by atoms with Crippen LogP contribution in [0.1, 0.15) is 37.4 Å². The number of aliphatic hydroxyl groups excluding tert-OH is 1. The maximum absolute atomic E-state index is 13.5. The monoisotopic (exact) mass is 267 g/mol. The second-order valence-corrected chi connectivity index (χ2v) is 5.79. The van der Waals surface area contributed by atoms with Crippen LogP contribution in [-0.2, 0) is 0 Å². The van der Waals surface area contributed by atoms with E-state index in [0.29, 0.717) is 6.04 Å². The third-order valence-corrected chi connectivity index (χ3v) is 4.12. The van der Waals surface area contributed by atoms with Crippen molar-refractivity contribution in [1.29, 1.82) is 0 Å². The minimum atomic E-state index is -0.990. The molecule has 4 heteroatoms. The van der Waals surface area contributed by atoms with Crippen LogP contribution in [0.3, 0.4) is 0 Å². The molecule has 1 aromatic carbocycles. The standard InChI is InChI=1S/C15H19F2NO/c16-11-5-6-13(17)12(7-11)14(19)8-18-15(9-1-2-9)10-3-4-10/h5-7,9-10,14-15,18-19H,1-4,8H2. The van der Waals surface area contributed by atoms with Crippen molar-refractivity contribution in [1.82, 2.24) is 5.32 Å². The summed E-state index contributed by atoms with van der Waals surface area (Å²) in [7, 11) is 0. The lowest BCUT2D eigenvalue weighted by Crippen LogP contribution is -2.36. The van der Waals surface area contributed by atoms with E-state index in [-0.39, 0.29) is 12.1 Å². The molecule has 1 unspecified atom stereocenters. The van der Waals surface area contributed by atoms with Crippen molar-refractivity contribution in [2.45, 2.75) is 37.8 Å². The molecule has 2 aliphatic rings. The topological polar surface area (TPSA) is 32.3 Å². The molecule has 2 N–H and O–H groups in total. The van der Waals surface area contributed by atoms with E-state index in [9.17, 15) is 13.9 Å². The molecule has 0 amide bonds. The Hall–Kier alpha value is -1.00. The molecule has 3 rings (SSSR count). The van der Waals surface area contributed by atoms with E-state index in [1.807, 2.05) is 0 Å². The van der Waals surface area contributed by atoms with Crippen molar-refractivity contribution < 1.29 is 13.9 Å². The van der Waals surface area contributed by atoms with Crippen LogP contribution in [0.5, 0.6) is 0 Å². The number of hydrogen-bond acceptors (Lipinski definition) is 2. The van der Waals surface area contributed by atoms with Gasteiger partial charge in [-0.15, -0.1) is 0 Å². The minimum Gasteiger partial charge on any atom is -0.387 e. The van der Waals surface area contributed by atoms with E-state index in [2.05, 4.69) is 5.32 Å². The molecule has 0 saturated heterocycles. The van der Waals surface area contributed by atoms with Gasteiger partial charge in [-0.1, -0.05) is 0 Å². The summed E-state index contributed by atoms with van der Waals surface area (Å²) >= 11 is 0. The average molecular weight is 267 g/mol. The van der Waals surface area contributed by atoms with Gasteiger partial charge in [-0.3, -0.25) is 0 Å². The maximum atomic E-state index is 13.5. The molecule has 2 nitrogen and oxygen atoms in total. The van der Waals surface area contributed by atoms with Gasteiger partial charge in [0, 0.05) is 18.2 Å². The molecule has 1 aromatic rings. The number of hydrogen-bond donors (Lipinski definition) is 2. The van der Waals surface area contributed by atoms with Gasteiger partial charge in [0.05, 0.1) is 6.10 Å². The molecule has 1 atom stereocenters. The molecule has 2 aliphatic carbocycles. The molecular weight excluding hydrogens is 248 g/mol. The molecule has 0 heterocycles. The van der Waals surface area contributed by atoms with Gasteiger partial charge in [-0.05, 0) is 55.7 Å². The molecular formula is C15H19F2NO. The van der Waals surface area contributed by atoms with Crippen LogP contribution in [0.15, 0.2) is 18.2 Å². The Kier molecular flexibility index (Phi) is 3.54. The Morgan fingerprint density at radius 3 is 2.37 bits per heavy atom. The molecule has 0 radical (unpaired) electrons. The first-order valence-electron chi connectivity index (χ1n) is 7.01. The number of aliphatic hydroxyl groups is 1. The summed E-state index contributed by atoms with van der Waals surface area (Å²) in [6, 6.07) is 3.65.